The molecule has 5 nitrogen and oxygen atoms in total. The van der Waals surface area contributed by atoms with Crippen molar-refractivity contribution in [2.45, 2.75) is 25.8 Å². The van der Waals surface area contributed by atoms with Crippen LogP contribution < -0.4 is 11.1 Å². The lowest BCUT2D eigenvalue weighted by molar-refractivity contribution is -0.129. The van der Waals surface area contributed by atoms with Crippen LogP contribution in [0, 0.1) is 0 Å². The SMILES string of the molecule is CC(=O)N1CCC(NC(=O)c2cccc(N)c2)CC1. The Kier molecular flexibility index (Phi) is 4.04. The van der Waals surface area contributed by atoms with Gasteiger partial charge in [0, 0.05) is 37.3 Å². The molecule has 0 radical (unpaired) electrons. The Balaban J connectivity index is 1.89. The van der Waals surface area contributed by atoms with Crippen LogP contribution >= 0.6 is 0 Å². The van der Waals surface area contributed by atoms with Crippen molar-refractivity contribution in [3.63, 3.8) is 0 Å². The minimum atomic E-state index is -0.103. The van der Waals surface area contributed by atoms with Gasteiger partial charge < -0.3 is 16.0 Å². The Bertz CT molecular complexity index is 479. The molecule has 3 N–H and O–H groups in total. The lowest BCUT2D eigenvalue weighted by atomic mass is 10.0. The summed E-state index contributed by atoms with van der Waals surface area (Å²) in [5, 5.41) is 2.99. The first-order valence-electron chi connectivity index (χ1n) is 6.48. The largest absolute Gasteiger partial charge is 0.399 e. The zero-order valence-corrected chi connectivity index (χ0v) is 11.1. The van der Waals surface area contributed by atoms with Crippen molar-refractivity contribution in [3.8, 4) is 0 Å². The summed E-state index contributed by atoms with van der Waals surface area (Å²) in [5.74, 6) is -0.00538. The Hall–Kier alpha value is -2.04. The van der Waals surface area contributed by atoms with Crippen LogP contribution in [-0.2, 0) is 4.79 Å². The fourth-order valence-corrected chi connectivity index (χ4v) is 2.29. The molecular weight excluding hydrogens is 242 g/mol. The lowest BCUT2D eigenvalue weighted by Gasteiger charge is -2.31. The fourth-order valence-electron chi connectivity index (χ4n) is 2.29. The maximum atomic E-state index is 12.0. The number of carbonyl (C=O) groups excluding carboxylic acids is 2. The third kappa shape index (κ3) is 3.47. The first-order chi connectivity index (χ1) is 9.06. The molecule has 1 aliphatic heterocycles. The third-order valence-corrected chi connectivity index (χ3v) is 3.42. The molecule has 1 saturated heterocycles. The van der Waals surface area contributed by atoms with Crippen LogP contribution in [0.1, 0.15) is 30.1 Å². The van der Waals surface area contributed by atoms with E-state index in [4.69, 9.17) is 5.73 Å². The standard InChI is InChI=1S/C14H19N3O2/c1-10(18)17-7-5-13(6-8-17)16-14(19)11-3-2-4-12(15)9-11/h2-4,9,13H,5-8,15H2,1H3,(H,16,19). The molecule has 1 aliphatic rings. The van der Waals surface area contributed by atoms with Crippen LogP contribution in [0.5, 0.6) is 0 Å². The summed E-state index contributed by atoms with van der Waals surface area (Å²) in [4.78, 5) is 25.1. The summed E-state index contributed by atoms with van der Waals surface area (Å²) >= 11 is 0. The molecule has 0 spiro atoms. The van der Waals surface area contributed by atoms with Gasteiger partial charge in [0.05, 0.1) is 0 Å². The number of nitrogen functional groups attached to an aromatic ring is 1. The molecule has 1 aromatic carbocycles. The second-order valence-corrected chi connectivity index (χ2v) is 4.88. The molecular formula is C14H19N3O2. The number of rotatable bonds is 2. The first kappa shape index (κ1) is 13.4. The van der Waals surface area contributed by atoms with Crippen molar-refractivity contribution in [2.24, 2.45) is 0 Å². The number of nitrogens with zero attached hydrogens (tertiary/aromatic N) is 1. The van der Waals surface area contributed by atoms with E-state index >= 15 is 0 Å². The fraction of sp³-hybridized carbons (Fsp3) is 0.429. The van der Waals surface area contributed by atoms with Gasteiger partial charge in [-0.15, -0.1) is 0 Å². The quantitative estimate of drug-likeness (QED) is 0.780. The molecule has 1 heterocycles. The number of nitrogens with two attached hydrogens (primary N) is 1. The van der Waals surface area contributed by atoms with E-state index in [1.807, 2.05) is 4.90 Å². The van der Waals surface area contributed by atoms with E-state index < -0.39 is 0 Å². The molecule has 102 valence electrons. The summed E-state index contributed by atoms with van der Waals surface area (Å²) in [7, 11) is 0. The summed E-state index contributed by atoms with van der Waals surface area (Å²) in [5.41, 5.74) is 6.82. The predicted molar refractivity (Wildman–Crippen MR) is 73.6 cm³/mol. The average Bonchev–Trinajstić information content (AvgIpc) is 2.39. The van der Waals surface area contributed by atoms with E-state index in [9.17, 15) is 9.59 Å². The van der Waals surface area contributed by atoms with Gasteiger partial charge in [-0.2, -0.15) is 0 Å². The minimum Gasteiger partial charge on any atom is -0.399 e. The van der Waals surface area contributed by atoms with Crippen LogP contribution in [0.15, 0.2) is 24.3 Å². The van der Waals surface area contributed by atoms with Crippen molar-refractivity contribution in [3.05, 3.63) is 29.8 Å². The molecule has 0 saturated carbocycles. The summed E-state index contributed by atoms with van der Waals surface area (Å²) in [6.45, 7) is 2.99. The molecule has 0 atom stereocenters. The number of hydrogen-bond acceptors (Lipinski definition) is 3. The van der Waals surface area contributed by atoms with Gasteiger partial charge in [-0.3, -0.25) is 9.59 Å². The summed E-state index contributed by atoms with van der Waals surface area (Å²) in [6, 6.07) is 7.06. The van der Waals surface area contributed by atoms with Crippen LogP contribution in [-0.4, -0.2) is 35.8 Å². The zero-order valence-electron chi connectivity index (χ0n) is 11.1. The number of carbonyl (C=O) groups is 2. The Morgan fingerprint density at radius 2 is 2.00 bits per heavy atom. The lowest BCUT2D eigenvalue weighted by Crippen LogP contribution is -2.46. The number of hydrogen-bond donors (Lipinski definition) is 2. The Labute approximate surface area is 112 Å². The van der Waals surface area contributed by atoms with E-state index in [1.165, 1.54) is 0 Å². The van der Waals surface area contributed by atoms with Crippen LogP contribution in [0.2, 0.25) is 0 Å². The predicted octanol–water partition coefficient (Wildman–Crippen LogP) is 1.01. The number of likely N-dealkylation sites (tertiary alicyclic amines) is 1. The second kappa shape index (κ2) is 5.73. The molecule has 0 aliphatic carbocycles. The second-order valence-electron chi connectivity index (χ2n) is 4.88. The minimum absolute atomic E-state index is 0.0978. The van der Waals surface area contributed by atoms with Crippen molar-refractivity contribution in [1.82, 2.24) is 10.2 Å². The number of nitrogens with one attached hydrogen (secondary N) is 1. The molecule has 0 unspecified atom stereocenters. The highest BCUT2D eigenvalue weighted by Crippen LogP contribution is 2.12. The molecule has 1 fully saturated rings. The van der Waals surface area contributed by atoms with E-state index in [-0.39, 0.29) is 17.9 Å². The van der Waals surface area contributed by atoms with E-state index in [1.54, 1.807) is 31.2 Å². The van der Waals surface area contributed by atoms with Crippen molar-refractivity contribution in [2.75, 3.05) is 18.8 Å². The molecule has 2 rings (SSSR count). The van der Waals surface area contributed by atoms with Gasteiger partial charge in [-0.1, -0.05) is 6.07 Å². The molecule has 5 heteroatoms. The highest BCUT2D eigenvalue weighted by molar-refractivity contribution is 5.95. The van der Waals surface area contributed by atoms with Gasteiger partial charge in [0.25, 0.3) is 5.91 Å². The molecule has 1 aromatic rings. The molecule has 19 heavy (non-hydrogen) atoms. The van der Waals surface area contributed by atoms with Crippen molar-refractivity contribution in [1.29, 1.82) is 0 Å². The molecule has 0 bridgehead atoms. The highest BCUT2D eigenvalue weighted by atomic mass is 16.2. The topological polar surface area (TPSA) is 75.4 Å². The average molecular weight is 261 g/mol. The van der Waals surface area contributed by atoms with Gasteiger partial charge in [-0.25, -0.2) is 0 Å². The molecule has 0 aromatic heterocycles. The Morgan fingerprint density at radius 3 is 2.58 bits per heavy atom. The summed E-state index contributed by atoms with van der Waals surface area (Å²) < 4.78 is 0. The normalized spacial score (nSPS) is 16.2. The monoisotopic (exact) mass is 261 g/mol. The van der Waals surface area contributed by atoms with Crippen molar-refractivity contribution < 1.29 is 9.59 Å². The van der Waals surface area contributed by atoms with Crippen molar-refractivity contribution >= 4 is 17.5 Å². The smallest absolute Gasteiger partial charge is 0.251 e. The van der Waals surface area contributed by atoms with E-state index in [2.05, 4.69) is 5.32 Å². The Morgan fingerprint density at radius 1 is 1.32 bits per heavy atom. The van der Waals surface area contributed by atoms with Gasteiger partial charge in [0.1, 0.15) is 0 Å². The van der Waals surface area contributed by atoms with Crippen LogP contribution in [0.4, 0.5) is 5.69 Å². The van der Waals surface area contributed by atoms with Gasteiger partial charge >= 0.3 is 0 Å². The molecule has 2 amide bonds. The maximum Gasteiger partial charge on any atom is 0.251 e. The van der Waals surface area contributed by atoms with Crippen LogP contribution in [0.3, 0.4) is 0 Å². The maximum absolute atomic E-state index is 12.0. The van der Waals surface area contributed by atoms with Gasteiger partial charge in [-0.05, 0) is 31.0 Å². The number of amides is 2. The van der Waals surface area contributed by atoms with E-state index in [0.29, 0.717) is 24.3 Å². The number of piperidine rings is 1. The highest BCUT2D eigenvalue weighted by Gasteiger charge is 2.22. The zero-order chi connectivity index (χ0) is 13.8. The van der Waals surface area contributed by atoms with E-state index in [0.717, 1.165) is 12.8 Å². The van der Waals surface area contributed by atoms with Gasteiger partial charge in [0.2, 0.25) is 5.91 Å². The third-order valence-electron chi connectivity index (χ3n) is 3.42. The van der Waals surface area contributed by atoms with Gasteiger partial charge in [0.15, 0.2) is 0 Å². The van der Waals surface area contributed by atoms with Crippen LogP contribution in [0.25, 0.3) is 0 Å². The summed E-state index contributed by atoms with van der Waals surface area (Å²) in [6.07, 6.45) is 1.60. The number of benzene rings is 1. The number of anilines is 1. The first-order valence-corrected chi connectivity index (χ1v) is 6.48.